The van der Waals surface area contributed by atoms with Crippen molar-refractivity contribution in [3.8, 4) is 0 Å². The zero-order chi connectivity index (χ0) is 20.1. The van der Waals surface area contributed by atoms with E-state index >= 15 is 0 Å². The average Bonchev–Trinajstić information content (AvgIpc) is 3.22. The lowest BCUT2D eigenvalue weighted by Gasteiger charge is -2.27. The molecule has 28 heavy (non-hydrogen) atoms. The summed E-state index contributed by atoms with van der Waals surface area (Å²) in [5.41, 5.74) is 0.573. The van der Waals surface area contributed by atoms with Crippen molar-refractivity contribution in [2.75, 3.05) is 37.7 Å². The Morgan fingerprint density at radius 1 is 1.29 bits per heavy atom. The second-order valence-electron chi connectivity index (χ2n) is 7.26. The number of carboxylic acids is 1. The minimum absolute atomic E-state index is 0.0134. The Kier molecular flexibility index (Phi) is 6.45. The molecule has 2 aliphatic heterocycles. The predicted molar refractivity (Wildman–Crippen MR) is 102 cm³/mol. The van der Waals surface area contributed by atoms with Crippen LogP contribution in [-0.4, -0.2) is 54.8 Å². The molecule has 1 aromatic carbocycles. The van der Waals surface area contributed by atoms with E-state index in [4.69, 9.17) is 4.74 Å². The Balaban J connectivity index is 1.70. The standard InChI is InChI=1S/C19H25N3O6/c23-18(20-12-15(19(24)25)13-5-9-28-10-6-13)14-3-4-16(17(11-14)22(26)27)21-7-1-2-8-21/h3-4,11,13,15H,1-2,5-10,12H2,(H,20,23)(H,24,25). The van der Waals surface area contributed by atoms with Gasteiger partial charge in [-0.2, -0.15) is 0 Å². The number of nitro benzene ring substituents is 1. The number of carboxylic acid groups (broad SMARTS) is 1. The molecule has 2 heterocycles. The number of nitrogens with one attached hydrogen (secondary N) is 1. The second-order valence-corrected chi connectivity index (χ2v) is 7.26. The number of hydrogen-bond acceptors (Lipinski definition) is 6. The van der Waals surface area contributed by atoms with E-state index in [-0.39, 0.29) is 23.7 Å². The molecule has 1 atom stereocenters. The number of nitro groups is 1. The quantitative estimate of drug-likeness (QED) is 0.539. The first-order valence-corrected chi connectivity index (χ1v) is 9.59. The van der Waals surface area contributed by atoms with E-state index in [9.17, 15) is 24.8 Å². The number of carbonyl (C=O) groups is 2. The van der Waals surface area contributed by atoms with Crippen LogP contribution in [0.5, 0.6) is 0 Å². The van der Waals surface area contributed by atoms with Crippen LogP contribution in [0.25, 0.3) is 0 Å². The van der Waals surface area contributed by atoms with Crippen LogP contribution in [-0.2, 0) is 9.53 Å². The molecule has 1 unspecified atom stereocenters. The first-order chi connectivity index (χ1) is 13.5. The topological polar surface area (TPSA) is 122 Å². The van der Waals surface area contributed by atoms with E-state index in [0.717, 1.165) is 25.9 Å². The van der Waals surface area contributed by atoms with Gasteiger partial charge in [0.05, 0.1) is 10.8 Å². The number of nitrogens with zero attached hydrogens (tertiary/aromatic N) is 2. The van der Waals surface area contributed by atoms with E-state index in [2.05, 4.69) is 5.32 Å². The molecule has 9 heteroatoms. The summed E-state index contributed by atoms with van der Waals surface area (Å²) in [5.74, 6) is -2.22. The van der Waals surface area contributed by atoms with Crippen LogP contribution in [0.1, 0.15) is 36.0 Å². The van der Waals surface area contributed by atoms with E-state index in [1.165, 1.54) is 6.07 Å². The van der Waals surface area contributed by atoms with Crippen molar-refractivity contribution in [1.82, 2.24) is 5.32 Å². The molecule has 0 aliphatic carbocycles. The van der Waals surface area contributed by atoms with Crippen molar-refractivity contribution in [2.45, 2.75) is 25.7 Å². The van der Waals surface area contributed by atoms with Crippen LogP contribution in [0, 0.1) is 22.0 Å². The van der Waals surface area contributed by atoms with Gasteiger partial charge in [-0.05, 0) is 43.7 Å². The molecule has 0 saturated carbocycles. The van der Waals surface area contributed by atoms with Crippen LogP contribution in [0.15, 0.2) is 18.2 Å². The first kappa shape index (κ1) is 20.1. The molecule has 0 bridgehead atoms. The number of aliphatic carboxylic acids is 1. The molecule has 2 saturated heterocycles. The Bertz CT molecular complexity index is 741. The molecule has 1 amide bonds. The van der Waals surface area contributed by atoms with Crippen molar-refractivity contribution >= 4 is 23.3 Å². The Morgan fingerprint density at radius 3 is 2.57 bits per heavy atom. The van der Waals surface area contributed by atoms with Gasteiger partial charge in [0, 0.05) is 44.5 Å². The fourth-order valence-corrected chi connectivity index (χ4v) is 3.91. The Morgan fingerprint density at radius 2 is 1.96 bits per heavy atom. The SMILES string of the molecule is O=C(NCC(C(=O)O)C1CCOCC1)c1ccc(N2CCCC2)c([N+](=O)[O-])c1. The highest BCUT2D eigenvalue weighted by Gasteiger charge is 2.30. The van der Waals surface area contributed by atoms with Gasteiger partial charge in [-0.15, -0.1) is 0 Å². The van der Waals surface area contributed by atoms with Crippen LogP contribution < -0.4 is 10.2 Å². The van der Waals surface area contributed by atoms with Gasteiger partial charge in [0.25, 0.3) is 11.6 Å². The van der Waals surface area contributed by atoms with E-state index in [1.807, 2.05) is 4.90 Å². The highest BCUT2D eigenvalue weighted by atomic mass is 16.6. The maximum Gasteiger partial charge on any atom is 0.308 e. The lowest BCUT2D eigenvalue weighted by Crippen LogP contribution is -2.39. The van der Waals surface area contributed by atoms with E-state index in [1.54, 1.807) is 12.1 Å². The summed E-state index contributed by atoms with van der Waals surface area (Å²) < 4.78 is 5.27. The number of hydrogen-bond donors (Lipinski definition) is 2. The molecule has 9 nitrogen and oxygen atoms in total. The van der Waals surface area contributed by atoms with Gasteiger partial charge in [0.1, 0.15) is 5.69 Å². The maximum absolute atomic E-state index is 12.5. The highest BCUT2D eigenvalue weighted by molar-refractivity contribution is 5.96. The summed E-state index contributed by atoms with van der Waals surface area (Å²) in [6.07, 6.45) is 3.26. The van der Waals surface area contributed by atoms with Gasteiger partial charge < -0.3 is 20.1 Å². The molecule has 0 radical (unpaired) electrons. The maximum atomic E-state index is 12.5. The summed E-state index contributed by atoms with van der Waals surface area (Å²) >= 11 is 0. The van der Waals surface area contributed by atoms with Crippen LogP contribution in [0.4, 0.5) is 11.4 Å². The molecular weight excluding hydrogens is 366 g/mol. The molecule has 2 N–H and O–H groups in total. The molecule has 3 rings (SSSR count). The highest BCUT2D eigenvalue weighted by Crippen LogP contribution is 2.31. The number of carbonyl (C=O) groups excluding carboxylic acids is 1. The Labute approximate surface area is 162 Å². The molecule has 1 aromatic rings. The average molecular weight is 391 g/mol. The number of anilines is 1. The van der Waals surface area contributed by atoms with E-state index < -0.39 is 22.7 Å². The summed E-state index contributed by atoms with van der Waals surface area (Å²) in [5, 5.41) is 23.6. The monoisotopic (exact) mass is 391 g/mol. The van der Waals surface area contributed by atoms with Gasteiger partial charge in [0.2, 0.25) is 0 Å². The first-order valence-electron chi connectivity index (χ1n) is 9.59. The largest absolute Gasteiger partial charge is 0.481 e. The number of amides is 1. The van der Waals surface area contributed by atoms with Crippen LogP contribution in [0.2, 0.25) is 0 Å². The summed E-state index contributed by atoms with van der Waals surface area (Å²) in [4.78, 5) is 37.0. The molecular formula is C19H25N3O6. The third kappa shape index (κ3) is 4.59. The lowest BCUT2D eigenvalue weighted by atomic mass is 9.86. The molecule has 2 fully saturated rings. The minimum Gasteiger partial charge on any atom is -0.481 e. The van der Waals surface area contributed by atoms with Crippen molar-refractivity contribution in [3.05, 3.63) is 33.9 Å². The van der Waals surface area contributed by atoms with Gasteiger partial charge in [-0.25, -0.2) is 0 Å². The smallest absolute Gasteiger partial charge is 0.308 e. The van der Waals surface area contributed by atoms with Crippen molar-refractivity contribution in [2.24, 2.45) is 11.8 Å². The zero-order valence-electron chi connectivity index (χ0n) is 15.6. The molecule has 2 aliphatic rings. The van der Waals surface area contributed by atoms with Crippen molar-refractivity contribution in [3.63, 3.8) is 0 Å². The summed E-state index contributed by atoms with van der Waals surface area (Å²) in [7, 11) is 0. The summed E-state index contributed by atoms with van der Waals surface area (Å²) in [6.45, 7) is 2.55. The second kappa shape index (κ2) is 9.01. The fraction of sp³-hybridized carbons (Fsp3) is 0.579. The molecule has 0 spiro atoms. The fourth-order valence-electron chi connectivity index (χ4n) is 3.91. The number of ether oxygens (including phenoxy) is 1. The van der Waals surface area contributed by atoms with Crippen molar-refractivity contribution in [1.29, 1.82) is 0 Å². The molecule has 0 aromatic heterocycles. The lowest BCUT2D eigenvalue weighted by molar-refractivity contribution is -0.384. The van der Waals surface area contributed by atoms with Gasteiger partial charge in [0.15, 0.2) is 0 Å². The third-order valence-electron chi connectivity index (χ3n) is 5.52. The number of rotatable bonds is 7. The van der Waals surface area contributed by atoms with E-state index in [0.29, 0.717) is 31.7 Å². The molecule has 152 valence electrons. The number of benzene rings is 1. The third-order valence-corrected chi connectivity index (χ3v) is 5.52. The normalized spacial score (nSPS) is 18.6. The van der Waals surface area contributed by atoms with Gasteiger partial charge >= 0.3 is 5.97 Å². The van der Waals surface area contributed by atoms with Crippen LogP contribution >= 0.6 is 0 Å². The van der Waals surface area contributed by atoms with Crippen molar-refractivity contribution < 1.29 is 24.4 Å². The van der Waals surface area contributed by atoms with Gasteiger partial charge in [-0.1, -0.05) is 0 Å². The van der Waals surface area contributed by atoms with Crippen LogP contribution in [0.3, 0.4) is 0 Å². The summed E-state index contributed by atoms with van der Waals surface area (Å²) in [6, 6.07) is 4.43. The minimum atomic E-state index is -0.956. The Hall–Kier alpha value is -2.68. The van der Waals surface area contributed by atoms with Gasteiger partial charge in [-0.3, -0.25) is 19.7 Å². The predicted octanol–water partition coefficient (Wildman–Crippen LogP) is 2.05. The zero-order valence-corrected chi connectivity index (χ0v) is 15.6.